The molecule has 0 aromatic carbocycles. The molecule has 0 atom stereocenters. The number of hydrogen-bond donors (Lipinski definition) is 0. The second kappa shape index (κ2) is 8.81. The van der Waals surface area contributed by atoms with Gasteiger partial charge in [0.15, 0.2) is 0 Å². The van der Waals surface area contributed by atoms with Crippen molar-refractivity contribution in [2.75, 3.05) is 19.6 Å². The predicted molar refractivity (Wildman–Crippen MR) is 72.7 cm³/mol. The summed E-state index contributed by atoms with van der Waals surface area (Å²) in [5.74, 6) is 0.925. The zero-order chi connectivity index (χ0) is 11.6. The Morgan fingerprint density at radius 3 is 2.44 bits per heavy atom. The van der Waals surface area contributed by atoms with E-state index < -0.39 is 0 Å². The molecule has 0 radical (unpaired) electrons. The Kier molecular flexibility index (Phi) is 7.58. The molecule has 0 unspecified atom stereocenters. The van der Waals surface area contributed by atoms with Crippen LogP contribution in [0.1, 0.15) is 58.3 Å². The predicted octanol–water partition coefficient (Wildman–Crippen LogP) is 4.24. The van der Waals surface area contributed by atoms with Crippen LogP contribution in [0.4, 0.5) is 0 Å². The minimum absolute atomic E-state index is 0.925. The third-order valence-corrected chi connectivity index (χ3v) is 3.79. The topological polar surface area (TPSA) is 3.24 Å². The van der Waals surface area contributed by atoms with Gasteiger partial charge in [0, 0.05) is 0 Å². The van der Waals surface area contributed by atoms with Crippen molar-refractivity contribution in [2.24, 2.45) is 5.92 Å². The Bertz CT molecular complexity index is 168. The van der Waals surface area contributed by atoms with Crippen LogP contribution in [0.5, 0.6) is 0 Å². The lowest BCUT2D eigenvalue weighted by molar-refractivity contribution is 0.182. The molecule has 0 saturated carbocycles. The molecule has 0 aromatic rings. The maximum atomic E-state index is 3.84. The molecule has 0 amide bonds. The van der Waals surface area contributed by atoms with E-state index in [1.165, 1.54) is 71.0 Å². The smallest absolute Gasteiger partial charge is 0.00160 e. The summed E-state index contributed by atoms with van der Waals surface area (Å²) >= 11 is 0. The highest BCUT2D eigenvalue weighted by atomic mass is 15.1. The summed E-state index contributed by atoms with van der Waals surface area (Å²) in [7, 11) is 0. The van der Waals surface area contributed by atoms with Crippen molar-refractivity contribution < 1.29 is 0 Å². The summed E-state index contributed by atoms with van der Waals surface area (Å²) in [5, 5.41) is 0. The quantitative estimate of drug-likeness (QED) is 0.439. The molecule has 1 saturated heterocycles. The highest BCUT2D eigenvalue weighted by Crippen LogP contribution is 2.20. The van der Waals surface area contributed by atoms with Gasteiger partial charge in [-0.1, -0.05) is 38.7 Å². The van der Waals surface area contributed by atoms with Gasteiger partial charge in [-0.2, -0.15) is 0 Å². The summed E-state index contributed by atoms with van der Waals surface area (Å²) in [4.78, 5) is 2.66. The van der Waals surface area contributed by atoms with Crippen molar-refractivity contribution in [3.63, 3.8) is 0 Å². The highest BCUT2D eigenvalue weighted by molar-refractivity contribution is 4.78. The average Bonchev–Trinajstić information content (AvgIpc) is 2.31. The van der Waals surface area contributed by atoms with Crippen molar-refractivity contribution in [1.29, 1.82) is 0 Å². The van der Waals surface area contributed by atoms with Gasteiger partial charge in [-0.05, 0) is 51.2 Å². The molecule has 0 N–H and O–H groups in total. The normalized spacial score (nSPS) is 18.8. The fraction of sp³-hybridized carbons (Fsp3) is 0.867. The van der Waals surface area contributed by atoms with Gasteiger partial charge >= 0.3 is 0 Å². The molecule has 1 heteroatoms. The van der Waals surface area contributed by atoms with Gasteiger partial charge in [-0.15, -0.1) is 6.58 Å². The lowest BCUT2D eigenvalue weighted by Gasteiger charge is -2.31. The van der Waals surface area contributed by atoms with Gasteiger partial charge in [-0.3, -0.25) is 0 Å². The lowest BCUT2D eigenvalue weighted by Crippen LogP contribution is -2.34. The van der Waals surface area contributed by atoms with E-state index in [0.717, 1.165) is 5.92 Å². The molecular formula is C15H29N. The second-order valence-corrected chi connectivity index (χ2v) is 5.22. The van der Waals surface area contributed by atoms with Crippen LogP contribution in [0.15, 0.2) is 12.7 Å². The zero-order valence-corrected chi connectivity index (χ0v) is 11.1. The van der Waals surface area contributed by atoms with Gasteiger partial charge in [0.05, 0.1) is 0 Å². The van der Waals surface area contributed by atoms with Crippen molar-refractivity contribution in [3.8, 4) is 0 Å². The molecule has 0 aliphatic carbocycles. The van der Waals surface area contributed by atoms with E-state index in [1.807, 2.05) is 0 Å². The molecular weight excluding hydrogens is 194 g/mol. The minimum Gasteiger partial charge on any atom is -0.303 e. The summed E-state index contributed by atoms with van der Waals surface area (Å²) in [5.41, 5.74) is 0. The maximum absolute atomic E-state index is 3.84. The monoisotopic (exact) mass is 223 g/mol. The minimum atomic E-state index is 0.925. The molecule has 0 aromatic heterocycles. The Morgan fingerprint density at radius 1 is 1.12 bits per heavy atom. The molecule has 1 heterocycles. The van der Waals surface area contributed by atoms with Crippen LogP contribution >= 0.6 is 0 Å². The van der Waals surface area contributed by atoms with Crippen LogP contribution in [-0.2, 0) is 0 Å². The first-order chi connectivity index (χ1) is 7.86. The number of rotatable bonds is 8. The van der Waals surface area contributed by atoms with Crippen molar-refractivity contribution in [3.05, 3.63) is 12.7 Å². The number of unbranched alkanes of at least 4 members (excludes halogenated alkanes) is 4. The number of likely N-dealkylation sites (tertiary alicyclic amines) is 1. The Labute approximate surface area is 102 Å². The van der Waals surface area contributed by atoms with E-state index in [9.17, 15) is 0 Å². The highest BCUT2D eigenvalue weighted by Gasteiger charge is 2.17. The first-order valence-corrected chi connectivity index (χ1v) is 7.20. The van der Waals surface area contributed by atoms with Crippen molar-refractivity contribution in [1.82, 2.24) is 4.90 Å². The number of piperidine rings is 1. The largest absolute Gasteiger partial charge is 0.303 e. The van der Waals surface area contributed by atoms with E-state index in [0.29, 0.717) is 0 Å². The zero-order valence-electron chi connectivity index (χ0n) is 11.1. The van der Waals surface area contributed by atoms with E-state index in [4.69, 9.17) is 0 Å². The molecule has 0 spiro atoms. The first-order valence-electron chi connectivity index (χ1n) is 7.20. The summed E-state index contributed by atoms with van der Waals surface area (Å²) in [6.07, 6.45) is 13.1. The molecule has 0 bridgehead atoms. The summed E-state index contributed by atoms with van der Waals surface area (Å²) in [6.45, 7) is 10.1. The van der Waals surface area contributed by atoms with Crippen LogP contribution in [0.25, 0.3) is 0 Å². The standard InChI is InChI=1S/C15H29N/c1-3-5-6-7-8-12-16-13-10-15(9-4-2)11-14-16/h4,15H,2-3,5-14H2,1H3. The second-order valence-electron chi connectivity index (χ2n) is 5.22. The Balaban J connectivity index is 1.97. The van der Waals surface area contributed by atoms with E-state index in [-0.39, 0.29) is 0 Å². The molecule has 16 heavy (non-hydrogen) atoms. The molecule has 1 fully saturated rings. The number of nitrogens with zero attached hydrogens (tertiary/aromatic N) is 1. The van der Waals surface area contributed by atoms with Crippen LogP contribution < -0.4 is 0 Å². The maximum Gasteiger partial charge on any atom is -0.00160 e. The van der Waals surface area contributed by atoms with Gasteiger partial charge in [-0.25, -0.2) is 0 Å². The van der Waals surface area contributed by atoms with Crippen LogP contribution in [-0.4, -0.2) is 24.5 Å². The fourth-order valence-corrected chi connectivity index (χ4v) is 2.62. The number of allylic oxidation sites excluding steroid dienone is 1. The lowest BCUT2D eigenvalue weighted by atomic mass is 9.93. The molecule has 94 valence electrons. The molecule has 1 aliphatic heterocycles. The van der Waals surface area contributed by atoms with Crippen LogP contribution in [0.2, 0.25) is 0 Å². The average molecular weight is 223 g/mol. The molecule has 1 rings (SSSR count). The third-order valence-electron chi connectivity index (χ3n) is 3.79. The Hall–Kier alpha value is -0.300. The van der Waals surface area contributed by atoms with E-state index in [2.05, 4.69) is 24.5 Å². The van der Waals surface area contributed by atoms with E-state index >= 15 is 0 Å². The SMILES string of the molecule is C=CCC1CCN(CCCCCCC)CC1. The van der Waals surface area contributed by atoms with Crippen LogP contribution in [0.3, 0.4) is 0 Å². The summed E-state index contributed by atoms with van der Waals surface area (Å²) < 4.78 is 0. The fourth-order valence-electron chi connectivity index (χ4n) is 2.62. The van der Waals surface area contributed by atoms with E-state index in [1.54, 1.807) is 0 Å². The molecule has 1 nitrogen and oxygen atoms in total. The Morgan fingerprint density at radius 2 is 1.81 bits per heavy atom. The third kappa shape index (κ3) is 5.69. The van der Waals surface area contributed by atoms with Gasteiger partial charge in [0.25, 0.3) is 0 Å². The first kappa shape index (κ1) is 13.8. The van der Waals surface area contributed by atoms with Gasteiger partial charge < -0.3 is 4.90 Å². The molecule has 1 aliphatic rings. The van der Waals surface area contributed by atoms with Crippen molar-refractivity contribution in [2.45, 2.75) is 58.3 Å². The van der Waals surface area contributed by atoms with Crippen LogP contribution in [0, 0.1) is 5.92 Å². The number of hydrogen-bond acceptors (Lipinski definition) is 1. The van der Waals surface area contributed by atoms with Gasteiger partial charge in [0.2, 0.25) is 0 Å². The van der Waals surface area contributed by atoms with Crippen molar-refractivity contribution >= 4 is 0 Å². The van der Waals surface area contributed by atoms with Gasteiger partial charge in [0.1, 0.15) is 0 Å². The summed E-state index contributed by atoms with van der Waals surface area (Å²) in [6, 6.07) is 0.